The summed E-state index contributed by atoms with van der Waals surface area (Å²) < 4.78 is 10.4. The van der Waals surface area contributed by atoms with Gasteiger partial charge in [-0.2, -0.15) is 0 Å². The SMILES string of the molecule is CCOC(=O)N1CCN(CC2CCc3c(OC)ccc(Cl)c3C2=O)CC1.O=C(O)/C=C\C(=O)O. The normalized spacial score (nSPS) is 18.0. The van der Waals surface area contributed by atoms with Crippen molar-refractivity contribution in [1.82, 2.24) is 9.80 Å². The van der Waals surface area contributed by atoms with Crippen molar-refractivity contribution in [3.63, 3.8) is 0 Å². The summed E-state index contributed by atoms with van der Waals surface area (Å²) in [5, 5.41) is 16.1. The lowest BCUT2D eigenvalue weighted by molar-refractivity contribution is -0.134. The Labute approximate surface area is 202 Å². The molecule has 1 aliphatic heterocycles. The molecule has 1 aromatic rings. The lowest BCUT2D eigenvalue weighted by atomic mass is 9.82. The summed E-state index contributed by atoms with van der Waals surface area (Å²) in [4.78, 5) is 47.8. The minimum absolute atomic E-state index is 0.0683. The Hall–Kier alpha value is -3.11. The first-order valence-electron chi connectivity index (χ1n) is 10.8. The molecule has 1 saturated heterocycles. The number of halogens is 1. The van der Waals surface area contributed by atoms with Gasteiger partial charge in [-0.3, -0.25) is 9.69 Å². The number of amides is 1. The van der Waals surface area contributed by atoms with Gasteiger partial charge in [0.2, 0.25) is 0 Å². The Morgan fingerprint density at radius 2 is 1.74 bits per heavy atom. The number of benzene rings is 1. The third-order valence-electron chi connectivity index (χ3n) is 5.54. The van der Waals surface area contributed by atoms with E-state index in [1.165, 1.54) is 0 Å². The van der Waals surface area contributed by atoms with E-state index in [2.05, 4.69) is 4.90 Å². The zero-order valence-corrected chi connectivity index (χ0v) is 19.9. The van der Waals surface area contributed by atoms with E-state index in [0.717, 1.165) is 37.2 Å². The van der Waals surface area contributed by atoms with Gasteiger partial charge in [0.1, 0.15) is 5.75 Å². The Kier molecular flexibility index (Phi) is 10.3. The van der Waals surface area contributed by atoms with Crippen LogP contribution in [0, 0.1) is 5.92 Å². The van der Waals surface area contributed by atoms with Gasteiger partial charge in [-0.1, -0.05) is 11.6 Å². The van der Waals surface area contributed by atoms with Crippen LogP contribution in [0.3, 0.4) is 0 Å². The number of ketones is 1. The van der Waals surface area contributed by atoms with Crippen molar-refractivity contribution in [2.24, 2.45) is 5.92 Å². The first-order valence-corrected chi connectivity index (χ1v) is 11.2. The number of aliphatic carboxylic acids is 2. The molecule has 2 aliphatic rings. The Bertz CT molecular complexity index is 925. The van der Waals surface area contributed by atoms with Gasteiger partial charge in [0.25, 0.3) is 0 Å². The molecule has 3 rings (SSSR count). The van der Waals surface area contributed by atoms with Crippen LogP contribution in [-0.4, -0.2) is 90.3 Å². The van der Waals surface area contributed by atoms with Crippen LogP contribution in [0.2, 0.25) is 5.02 Å². The number of carbonyl (C=O) groups is 4. The lowest BCUT2D eigenvalue weighted by Crippen LogP contribution is -2.50. The van der Waals surface area contributed by atoms with E-state index in [-0.39, 0.29) is 17.8 Å². The van der Waals surface area contributed by atoms with E-state index < -0.39 is 11.9 Å². The summed E-state index contributed by atoms with van der Waals surface area (Å²) in [5.74, 6) is -1.75. The van der Waals surface area contributed by atoms with E-state index in [0.29, 0.717) is 49.0 Å². The summed E-state index contributed by atoms with van der Waals surface area (Å²) in [6.45, 7) is 5.65. The second-order valence-electron chi connectivity index (χ2n) is 7.70. The first-order chi connectivity index (χ1) is 16.2. The molecule has 1 aliphatic carbocycles. The number of methoxy groups -OCH3 is 1. The van der Waals surface area contributed by atoms with Crippen molar-refractivity contribution in [2.75, 3.05) is 46.4 Å². The van der Waals surface area contributed by atoms with Gasteiger partial charge in [-0.25, -0.2) is 14.4 Å². The fourth-order valence-electron chi connectivity index (χ4n) is 3.92. The molecule has 10 nitrogen and oxygen atoms in total. The summed E-state index contributed by atoms with van der Waals surface area (Å²) in [6.07, 6.45) is 2.44. The maximum Gasteiger partial charge on any atom is 0.409 e. The highest BCUT2D eigenvalue weighted by atomic mass is 35.5. The number of nitrogens with zero attached hydrogens (tertiary/aromatic N) is 2. The molecule has 1 heterocycles. The van der Waals surface area contributed by atoms with Gasteiger partial charge >= 0.3 is 18.0 Å². The minimum Gasteiger partial charge on any atom is -0.496 e. The number of piperazine rings is 1. The van der Waals surface area contributed by atoms with Gasteiger partial charge in [-0.15, -0.1) is 0 Å². The van der Waals surface area contributed by atoms with E-state index in [1.54, 1.807) is 25.0 Å². The van der Waals surface area contributed by atoms with Crippen molar-refractivity contribution in [3.8, 4) is 5.75 Å². The minimum atomic E-state index is -1.26. The summed E-state index contributed by atoms with van der Waals surface area (Å²) in [5.41, 5.74) is 1.54. The molecule has 34 heavy (non-hydrogen) atoms. The van der Waals surface area contributed by atoms with E-state index in [4.69, 9.17) is 31.3 Å². The van der Waals surface area contributed by atoms with E-state index >= 15 is 0 Å². The molecule has 1 fully saturated rings. The standard InChI is InChI=1S/C19H25ClN2O4.C4H4O4/c1-3-26-19(24)22-10-8-21(9-11-22)12-13-4-5-14-16(25-2)7-6-15(20)17(14)18(13)23;5-3(6)1-2-4(7)8/h6-7,13H,3-5,8-12H2,1-2H3;1-2H,(H,5,6)(H,7,8)/b;2-1-. The predicted molar refractivity (Wildman–Crippen MR) is 124 cm³/mol. The molecule has 11 heteroatoms. The van der Waals surface area contributed by atoms with E-state index in [1.807, 2.05) is 6.07 Å². The third-order valence-corrected chi connectivity index (χ3v) is 5.86. The highest BCUT2D eigenvalue weighted by Gasteiger charge is 2.33. The number of Topliss-reactive ketones (excluding diaryl/α,β-unsaturated/α-hetero) is 1. The maximum absolute atomic E-state index is 13.0. The van der Waals surface area contributed by atoms with Gasteiger partial charge in [0.05, 0.1) is 18.7 Å². The first kappa shape index (κ1) is 27.1. The molecule has 1 aromatic carbocycles. The molecule has 0 saturated carbocycles. The second-order valence-corrected chi connectivity index (χ2v) is 8.11. The molecule has 1 atom stereocenters. The Morgan fingerprint density at radius 1 is 1.12 bits per heavy atom. The largest absolute Gasteiger partial charge is 0.496 e. The molecular weight excluding hydrogens is 468 g/mol. The van der Waals surface area contributed by atoms with Gasteiger partial charge in [0, 0.05) is 61.9 Å². The Balaban J connectivity index is 0.000000440. The van der Waals surface area contributed by atoms with Gasteiger partial charge in [0.15, 0.2) is 5.78 Å². The molecule has 0 spiro atoms. The van der Waals surface area contributed by atoms with Gasteiger partial charge < -0.3 is 24.6 Å². The highest BCUT2D eigenvalue weighted by molar-refractivity contribution is 6.34. The smallest absolute Gasteiger partial charge is 0.409 e. The molecule has 1 amide bonds. The van der Waals surface area contributed by atoms with Crippen molar-refractivity contribution in [1.29, 1.82) is 0 Å². The molecule has 0 bridgehead atoms. The van der Waals surface area contributed by atoms with Crippen LogP contribution in [0.1, 0.15) is 29.3 Å². The zero-order chi connectivity index (χ0) is 25.3. The number of carboxylic acid groups (broad SMARTS) is 2. The number of carbonyl (C=O) groups excluding carboxylic acids is 2. The summed E-state index contributed by atoms with van der Waals surface area (Å²) in [7, 11) is 1.61. The molecule has 2 N–H and O–H groups in total. The van der Waals surface area contributed by atoms with E-state index in [9.17, 15) is 19.2 Å². The number of fused-ring (bicyclic) bond motifs is 1. The summed E-state index contributed by atoms with van der Waals surface area (Å²) in [6, 6.07) is 3.56. The third kappa shape index (κ3) is 7.46. The molecule has 0 radical (unpaired) electrons. The summed E-state index contributed by atoms with van der Waals surface area (Å²) >= 11 is 6.31. The van der Waals surface area contributed by atoms with Crippen LogP contribution in [-0.2, 0) is 20.7 Å². The fourth-order valence-corrected chi connectivity index (χ4v) is 4.19. The van der Waals surface area contributed by atoms with Crippen molar-refractivity contribution in [3.05, 3.63) is 40.4 Å². The molecule has 1 unspecified atom stereocenters. The zero-order valence-electron chi connectivity index (χ0n) is 19.2. The van der Waals surface area contributed by atoms with Crippen LogP contribution >= 0.6 is 11.6 Å². The number of hydrogen-bond donors (Lipinski definition) is 2. The predicted octanol–water partition coefficient (Wildman–Crippen LogP) is 2.58. The van der Waals surface area contributed by atoms with Gasteiger partial charge in [-0.05, 0) is 31.9 Å². The fraction of sp³-hybridized carbons (Fsp3) is 0.478. The maximum atomic E-state index is 13.0. The Morgan fingerprint density at radius 3 is 2.26 bits per heavy atom. The average Bonchev–Trinajstić information content (AvgIpc) is 2.80. The number of hydrogen-bond acceptors (Lipinski definition) is 7. The highest BCUT2D eigenvalue weighted by Crippen LogP contribution is 2.36. The lowest BCUT2D eigenvalue weighted by Gasteiger charge is -2.36. The second kappa shape index (κ2) is 13.0. The molecule has 186 valence electrons. The monoisotopic (exact) mass is 496 g/mol. The van der Waals surface area contributed by atoms with Crippen LogP contribution in [0.5, 0.6) is 5.75 Å². The van der Waals surface area contributed by atoms with Crippen molar-refractivity contribution >= 4 is 35.4 Å². The molecule has 0 aromatic heterocycles. The van der Waals surface area contributed by atoms with Crippen molar-refractivity contribution in [2.45, 2.75) is 19.8 Å². The van der Waals surface area contributed by atoms with Crippen LogP contribution in [0.25, 0.3) is 0 Å². The van der Waals surface area contributed by atoms with Crippen LogP contribution in [0.15, 0.2) is 24.3 Å². The van der Waals surface area contributed by atoms with Crippen LogP contribution in [0.4, 0.5) is 4.79 Å². The number of carboxylic acids is 2. The number of ether oxygens (including phenoxy) is 2. The quantitative estimate of drug-likeness (QED) is 0.570. The average molecular weight is 497 g/mol. The van der Waals surface area contributed by atoms with Crippen LogP contribution < -0.4 is 4.74 Å². The topological polar surface area (TPSA) is 134 Å². The number of rotatable bonds is 6. The molecular formula is C23H29ClN2O8. The van der Waals surface area contributed by atoms with Crippen molar-refractivity contribution < 1.29 is 38.9 Å².